The van der Waals surface area contributed by atoms with E-state index >= 15 is 0 Å². The number of rotatable bonds is 6. The van der Waals surface area contributed by atoms with E-state index in [1.807, 2.05) is 24.3 Å². The summed E-state index contributed by atoms with van der Waals surface area (Å²) in [6.07, 6.45) is 4.07. The van der Waals surface area contributed by atoms with Crippen LogP contribution in [0.3, 0.4) is 0 Å². The fraction of sp³-hybridized carbons (Fsp3) is 0.529. The van der Waals surface area contributed by atoms with E-state index in [0.29, 0.717) is 6.42 Å². The predicted molar refractivity (Wildman–Crippen MR) is 87.4 cm³/mol. The number of piperidine rings is 1. The summed E-state index contributed by atoms with van der Waals surface area (Å²) in [7, 11) is 0. The quantitative estimate of drug-likeness (QED) is 0.878. The second-order valence-corrected chi connectivity index (χ2v) is 5.61. The van der Waals surface area contributed by atoms with Crippen LogP contribution in [0.25, 0.3) is 0 Å². The number of aliphatic carboxylic acids is 1. The van der Waals surface area contributed by atoms with Crippen LogP contribution in [0, 0.1) is 0 Å². The number of anilines is 2. The van der Waals surface area contributed by atoms with Crippen LogP contribution in [0.1, 0.15) is 39.0 Å². The number of carbonyl (C=O) groups is 2. The van der Waals surface area contributed by atoms with Crippen molar-refractivity contribution in [3.8, 4) is 0 Å². The van der Waals surface area contributed by atoms with Crippen LogP contribution < -0.4 is 9.80 Å². The molecule has 0 bridgehead atoms. The molecule has 1 heterocycles. The first-order valence-electron chi connectivity index (χ1n) is 7.99. The van der Waals surface area contributed by atoms with Gasteiger partial charge in [0, 0.05) is 37.4 Å². The maximum atomic E-state index is 12.0. The Morgan fingerprint density at radius 2 is 1.77 bits per heavy atom. The number of benzene rings is 1. The van der Waals surface area contributed by atoms with E-state index in [2.05, 4.69) is 4.90 Å². The third-order valence-electron chi connectivity index (χ3n) is 4.04. The minimum atomic E-state index is -0.890. The molecule has 5 heteroatoms. The van der Waals surface area contributed by atoms with Crippen molar-refractivity contribution in [3.63, 3.8) is 0 Å². The van der Waals surface area contributed by atoms with Gasteiger partial charge in [0.15, 0.2) is 0 Å². The molecular formula is C17H24N2O3. The topological polar surface area (TPSA) is 60.9 Å². The van der Waals surface area contributed by atoms with Gasteiger partial charge in [0.05, 0.1) is 6.42 Å². The zero-order valence-electron chi connectivity index (χ0n) is 13.1. The number of carboxylic acid groups (broad SMARTS) is 1. The SMILES string of the molecule is CCC(=O)N(CCC(=O)O)c1ccc(N2CCCCC2)cc1. The normalized spacial score (nSPS) is 14.7. The van der Waals surface area contributed by atoms with Crippen molar-refractivity contribution in [2.24, 2.45) is 0 Å². The molecule has 1 fully saturated rings. The molecule has 2 rings (SSSR count). The first kappa shape index (κ1) is 16.3. The van der Waals surface area contributed by atoms with E-state index in [1.54, 1.807) is 11.8 Å². The fourth-order valence-corrected chi connectivity index (χ4v) is 2.79. The van der Waals surface area contributed by atoms with Gasteiger partial charge in [-0.05, 0) is 43.5 Å². The molecule has 1 N–H and O–H groups in total. The van der Waals surface area contributed by atoms with E-state index in [-0.39, 0.29) is 18.9 Å². The zero-order chi connectivity index (χ0) is 15.9. The Hall–Kier alpha value is -2.04. The lowest BCUT2D eigenvalue weighted by atomic mass is 10.1. The Kier molecular flexibility index (Phi) is 5.81. The highest BCUT2D eigenvalue weighted by Gasteiger charge is 2.16. The number of hydrogen-bond donors (Lipinski definition) is 1. The van der Waals surface area contributed by atoms with Crippen molar-refractivity contribution in [1.29, 1.82) is 0 Å². The minimum absolute atomic E-state index is 0.0420. The van der Waals surface area contributed by atoms with E-state index in [0.717, 1.165) is 18.8 Å². The van der Waals surface area contributed by atoms with Crippen molar-refractivity contribution < 1.29 is 14.7 Å². The van der Waals surface area contributed by atoms with Crippen LogP contribution in [0.2, 0.25) is 0 Å². The number of carboxylic acids is 1. The Morgan fingerprint density at radius 1 is 1.14 bits per heavy atom. The van der Waals surface area contributed by atoms with Crippen LogP contribution in [0.15, 0.2) is 24.3 Å². The third kappa shape index (κ3) is 4.23. The molecule has 0 aromatic heterocycles. The molecule has 1 aliphatic rings. The summed E-state index contributed by atoms with van der Waals surface area (Å²) in [6, 6.07) is 7.88. The molecule has 0 spiro atoms. The van der Waals surface area contributed by atoms with Gasteiger partial charge < -0.3 is 14.9 Å². The molecule has 5 nitrogen and oxygen atoms in total. The number of hydrogen-bond acceptors (Lipinski definition) is 3. The Bertz CT molecular complexity index is 507. The Labute approximate surface area is 131 Å². The van der Waals surface area contributed by atoms with Crippen molar-refractivity contribution in [1.82, 2.24) is 0 Å². The predicted octanol–water partition coefficient (Wildman–Crippen LogP) is 2.89. The highest BCUT2D eigenvalue weighted by molar-refractivity contribution is 5.93. The summed E-state index contributed by atoms with van der Waals surface area (Å²) in [6.45, 7) is 4.16. The Morgan fingerprint density at radius 3 is 2.32 bits per heavy atom. The maximum Gasteiger partial charge on any atom is 0.305 e. The lowest BCUT2D eigenvalue weighted by Crippen LogP contribution is -2.32. The van der Waals surface area contributed by atoms with E-state index in [4.69, 9.17) is 5.11 Å². The second kappa shape index (κ2) is 7.82. The molecule has 0 unspecified atom stereocenters. The van der Waals surface area contributed by atoms with Crippen molar-refractivity contribution in [2.75, 3.05) is 29.4 Å². The average molecular weight is 304 g/mol. The summed E-state index contributed by atoms with van der Waals surface area (Å²) in [5, 5.41) is 8.83. The largest absolute Gasteiger partial charge is 0.481 e. The van der Waals surface area contributed by atoms with Gasteiger partial charge in [0.25, 0.3) is 0 Å². The van der Waals surface area contributed by atoms with Gasteiger partial charge >= 0.3 is 5.97 Å². The molecule has 0 radical (unpaired) electrons. The second-order valence-electron chi connectivity index (χ2n) is 5.61. The minimum Gasteiger partial charge on any atom is -0.481 e. The van der Waals surface area contributed by atoms with Gasteiger partial charge in [0.1, 0.15) is 0 Å². The molecule has 1 aliphatic heterocycles. The Balaban J connectivity index is 2.10. The smallest absolute Gasteiger partial charge is 0.305 e. The van der Waals surface area contributed by atoms with Gasteiger partial charge in [-0.15, -0.1) is 0 Å². The van der Waals surface area contributed by atoms with Crippen LogP contribution >= 0.6 is 0 Å². The summed E-state index contributed by atoms with van der Waals surface area (Å²) in [4.78, 5) is 26.7. The van der Waals surface area contributed by atoms with E-state index in [9.17, 15) is 9.59 Å². The highest BCUT2D eigenvalue weighted by Crippen LogP contribution is 2.24. The molecule has 0 aliphatic carbocycles. The summed E-state index contributed by atoms with van der Waals surface area (Å²) in [5.74, 6) is -0.939. The van der Waals surface area contributed by atoms with E-state index in [1.165, 1.54) is 24.9 Å². The summed E-state index contributed by atoms with van der Waals surface area (Å²) >= 11 is 0. The number of carbonyl (C=O) groups excluding carboxylic acids is 1. The van der Waals surface area contributed by atoms with Gasteiger partial charge in [-0.3, -0.25) is 9.59 Å². The van der Waals surface area contributed by atoms with Gasteiger partial charge in [-0.1, -0.05) is 6.92 Å². The molecule has 1 aromatic carbocycles. The molecule has 1 aromatic rings. The summed E-state index contributed by atoms with van der Waals surface area (Å²) < 4.78 is 0. The van der Waals surface area contributed by atoms with Gasteiger partial charge in [0.2, 0.25) is 5.91 Å². The van der Waals surface area contributed by atoms with Crippen LogP contribution in [0.5, 0.6) is 0 Å². The molecular weight excluding hydrogens is 280 g/mol. The molecule has 1 saturated heterocycles. The fourth-order valence-electron chi connectivity index (χ4n) is 2.79. The first-order chi connectivity index (χ1) is 10.6. The molecule has 22 heavy (non-hydrogen) atoms. The molecule has 120 valence electrons. The van der Waals surface area contributed by atoms with Crippen LogP contribution in [-0.4, -0.2) is 36.6 Å². The third-order valence-corrected chi connectivity index (χ3v) is 4.04. The van der Waals surface area contributed by atoms with Crippen molar-refractivity contribution in [2.45, 2.75) is 39.0 Å². The van der Waals surface area contributed by atoms with Gasteiger partial charge in [-0.25, -0.2) is 0 Å². The van der Waals surface area contributed by atoms with Crippen molar-refractivity contribution in [3.05, 3.63) is 24.3 Å². The lowest BCUT2D eigenvalue weighted by Gasteiger charge is -2.29. The molecule has 1 amide bonds. The summed E-state index contributed by atoms with van der Waals surface area (Å²) in [5.41, 5.74) is 1.94. The van der Waals surface area contributed by atoms with E-state index < -0.39 is 5.97 Å². The number of amides is 1. The average Bonchev–Trinajstić information content (AvgIpc) is 2.56. The van der Waals surface area contributed by atoms with Gasteiger partial charge in [-0.2, -0.15) is 0 Å². The standard InChI is InChI=1S/C17H24N2O3/c1-2-16(20)19(13-10-17(21)22)15-8-6-14(7-9-15)18-11-4-3-5-12-18/h6-9H,2-5,10-13H2,1H3,(H,21,22). The van der Waals surface area contributed by atoms with Crippen molar-refractivity contribution >= 4 is 23.3 Å². The zero-order valence-corrected chi connectivity index (χ0v) is 13.1. The lowest BCUT2D eigenvalue weighted by molar-refractivity contribution is -0.136. The molecule has 0 saturated carbocycles. The highest BCUT2D eigenvalue weighted by atomic mass is 16.4. The van der Waals surface area contributed by atoms with Crippen LogP contribution in [0.4, 0.5) is 11.4 Å². The monoisotopic (exact) mass is 304 g/mol. The first-order valence-corrected chi connectivity index (χ1v) is 7.99. The van der Waals surface area contributed by atoms with Crippen LogP contribution in [-0.2, 0) is 9.59 Å². The molecule has 0 atom stereocenters. The maximum absolute atomic E-state index is 12.0. The number of nitrogens with zero attached hydrogens (tertiary/aromatic N) is 2.